The average Bonchev–Trinajstić information content (AvgIpc) is 3.15. The second-order valence-corrected chi connectivity index (χ2v) is 14.0. The molecule has 0 N–H and O–H groups in total. The highest BCUT2D eigenvalue weighted by atomic mass is 28.4. The van der Waals surface area contributed by atoms with E-state index in [0.717, 1.165) is 12.0 Å². The molecular weight excluding hydrogens is 410 g/mol. The van der Waals surface area contributed by atoms with Gasteiger partial charge in [-0.25, -0.2) is 0 Å². The molecule has 166 valence electrons. The van der Waals surface area contributed by atoms with Gasteiger partial charge in [-0.1, -0.05) is 112 Å². The van der Waals surface area contributed by atoms with Gasteiger partial charge in [0.05, 0.1) is 12.6 Å². The summed E-state index contributed by atoms with van der Waals surface area (Å²) in [5.74, 6) is 0.227. The normalized spacial score (nSPS) is 17.0. The number of amides is 1. The average molecular weight is 444 g/mol. The predicted molar refractivity (Wildman–Crippen MR) is 134 cm³/mol. The summed E-state index contributed by atoms with van der Waals surface area (Å²) >= 11 is 0. The van der Waals surface area contributed by atoms with E-state index in [-0.39, 0.29) is 17.0 Å². The van der Waals surface area contributed by atoms with Gasteiger partial charge in [0.2, 0.25) is 5.91 Å². The molecule has 1 aliphatic heterocycles. The van der Waals surface area contributed by atoms with E-state index in [2.05, 4.69) is 93.6 Å². The molecule has 32 heavy (non-hydrogen) atoms. The van der Waals surface area contributed by atoms with Crippen LogP contribution in [0.4, 0.5) is 0 Å². The van der Waals surface area contributed by atoms with Gasteiger partial charge in [0.15, 0.2) is 0 Å². The fourth-order valence-corrected chi connectivity index (χ4v) is 9.54. The van der Waals surface area contributed by atoms with E-state index in [1.54, 1.807) is 0 Å². The number of benzene rings is 3. The number of carbonyl (C=O) groups excluding carboxylic acids is 1. The van der Waals surface area contributed by atoms with Gasteiger partial charge < -0.3 is 9.33 Å². The van der Waals surface area contributed by atoms with Crippen molar-refractivity contribution in [3.8, 4) is 0 Å². The Morgan fingerprint density at radius 2 is 1.34 bits per heavy atom. The smallest absolute Gasteiger partial charge is 0.261 e. The van der Waals surface area contributed by atoms with Crippen LogP contribution in [0.2, 0.25) is 5.04 Å². The monoisotopic (exact) mass is 443 g/mol. The molecule has 0 radical (unpaired) electrons. The first-order chi connectivity index (χ1) is 15.4. The lowest BCUT2D eigenvalue weighted by Gasteiger charge is -2.44. The second kappa shape index (κ2) is 9.43. The Morgan fingerprint density at radius 3 is 1.84 bits per heavy atom. The molecule has 1 heterocycles. The molecule has 0 unspecified atom stereocenters. The van der Waals surface area contributed by atoms with E-state index < -0.39 is 8.32 Å². The first-order valence-corrected chi connectivity index (χ1v) is 13.4. The van der Waals surface area contributed by atoms with Crippen molar-refractivity contribution in [2.45, 2.75) is 51.2 Å². The largest absolute Gasteiger partial charge is 0.405 e. The third-order valence-corrected chi connectivity index (χ3v) is 11.6. The van der Waals surface area contributed by atoms with Gasteiger partial charge in [-0.3, -0.25) is 4.79 Å². The maximum absolute atomic E-state index is 12.7. The molecule has 4 heteroatoms. The third kappa shape index (κ3) is 4.43. The van der Waals surface area contributed by atoms with Crippen molar-refractivity contribution in [2.24, 2.45) is 0 Å². The summed E-state index contributed by atoms with van der Waals surface area (Å²) < 4.78 is 7.11. The van der Waals surface area contributed by atoms with Gasteiger partial charge >= 0.3 is 0 Å². The van der Waals surface area contributed by atoms with E-state index in [1.165, 1.54) is 10.4 Å². The summed E-state index contributed by atoms with van der Waals surface area (Å²) in [6, 6.07) is 31.8. The SMILES string of the molecule is CC(C)(C)[Si](OC[C@H]1CCC(=O)N1Cc1ccccc1)(c1ccccc1)c1ccccc1. The quantitative estimate of drug-likeness (QED) is 0.493. The maximum Gasteiger partial charge on any atom is 0.261 e. The van der Waals surface area contributed by atoms with E-state index in [4.69, 9.17) is 4.43 Å². The predicted octanol–water partition coefficient (Wildman–Crippen LogP) is 4.75. The molecule has 3 nitrogen and oxygen atoms in total. The Hall–Kier alpha value is -2.69. The molecule has 3 aromatic carbocycles. The molecule has 0 saturated carbocycles. The minimum Gasteiger partial charge on any atom is -0.405 e. The summed E-state index contributed by atoms with van der Waals surface area (Å²) in [5, 5.41) is 2.48. The molecule has 0 bridgehead atoms. The third-order valence-electron chi connectivity index (χ3n) is 6.56. The van der Waals surface area contributed by atoms with Crippen LogP contribution in [0.5, 0.6) is 0 Å². The van der Waals surface area contributed by atoms with Gasteiger partial charge in [0.25, 0.3) is 8.32 Å². The fourth-order valence-electron chi connectivity index (χ4n) is 4.95. The van der Waals surface area contributed by atoms with Crippen LogP contribution in [0, 0.1) is 0 Å². The summed E-state index contributed by atoms with van der Waals surface area (Å²) in [6.07, 6.45) is 1.45. The molecule has 3 aromatic rings. The van der Waals surface area contributed by atoms with Crippen molar-refractivity contribution in [1.82, 2.24) is 4.90 Å². The van der Waals surface area contributed by atoms with Gasteiger partial charge in [0, 0.05) is 13.0 Å². The number of hydrogen-bond donors (Lipinski definition) is 0. The lowest BCUT2D eigenvalue weighted by atomic mass is 10.2. The number of carbonyl (C=O) groups is 1. The Bertz CT molecular complexity index is 976. The molecule has 4 rings (SSSR count). The minimum atomic E-state index is -2.60. The number of hydrogen-bond acceptors (Lipinski definition) is 2. The van der Waals surface area contributed by atoms with E-state index in [1.807, 2.05) is 23.1 Å². The molecule has 1 fully saturated rings. The van der Waals surface area contributed by atoms with Gasteiger partial charge in [-0.15, -0.1) is 0 Å². The Balaban J connectivity index is 1.67. The molecule has 0 aromatic heterocycles. The van der Waals surface area contributed by atoms with Gasteiger partial charge in [-0.05, 0) is 27.4 Å². The Kier molecular flexibility index (Phi) is 6.63. The molecule has 1 atom stereocenters. The van der Waals surface area contributed by atoms with Crippen LogP contribution in [-0.2, 0) is 15.8 Å². The molecule has 0 aliphatic carbocycles. The van der Waals surface area contributed by atoms with E-state index >= 15 is 0 Å². The van der Waals surface area contributed by atoms with Crippen molar-refractivity contribution in [3.63, 3.8) is 0 Å². The highest BCUT2D eigenvalue weighted by Gasteiger charge is 2.50. The standard InChI is InChI=1S/C28H33NO2Si/c1-28(2,3)32(25-15-9-5-10-16-25,26-17-11-6-12-18-26)31-22-24-19-20-27(30)29(24)21-23-13-7-4-8-14-23/h4-18,24H,19-22H2,1-3H3/t24-/m1/s1. The lowest BCUT2D eigenvalue weighted by molar-refractivity contribution is -0.129. The molecule has 1 saturated heterocycles. The van der Waals surface area contributed by atoms with Crippen molar-refractivity contribution < 1.29 is 9.22 Å². The van der Waals surface area contributed by atoms with Crippen molar-refractivity contribution in [1.29, 1.82) is 0 Å². The van der Waals surface area contributed by atoms with Crippen LogP contribution in [0.1, 0.15) is 39.2 Å². The lowest BCUT2D eigenvalue weighted by Crippen LogP contribution is -2.67. The summed E-state index contributed by atoms with van der Waals surface area (Å²) in [6.45, 7) is 8.09. The first-order valence-electron chi connectivity index (χ1n) is 11.5. The number of rotatable bonds is 7. The van der Waals surface area contributed by atoms with Crippen molar-refractivity contribution in [2.75, 3.05) is 6.61 Å². The molecular formula is C28H33NO2Si. The highest BCUT2D eigenvalue weighted by Crippen LogP contribution is 2.37. The van der Waals surface area contributed by atoms with E-state index in [9.17, 15) is 4.79 Å². The minimum absolute atomic E-state index is 0.0669. The van der Waals surface area contributed by atoms with Crippen LogP contribution in [0.3, 0.4) is 0 Å². The second-order valence-electron chi connectivity index (χ2n) is 9.67. The van der Waals surface area contributed by atoms with Gasteiger partial charge in [-0.2, -0.15) is 0 Å². The molecule has 0 spiro atoms. The van der Waals surface area contributed by atoms with Crippen molar-refractivity contribution >= 4 is 24.6 Å². The molecule has 1 amide bonds. The Morgan fingerprint density at radius 1 is 0.844 bits per heavy atom. The summed E-state index contributed by atoms with van der Waals surface area (Å²) in [5.41, 5.74) is 1.16. The zero-order valence-electron chi connectivity index (χ0n) is 19.3. The zero-order chi connectivity index (χ0) is 22.6. The maximum atomic E-state index is 12.7. The fraction of sp³-hybridized carbons (Fsp3) is 0.321. The number of likely N-dealkylation sites (tertiary alicyclic amines) is 1. The van der Waals surface area contributed by atoms with Crippen LogP contribution >= 0.6 is 0 Å². The topological polar surface area (TPSA) is 29.5 Å². The van der Waals surface area contributed by atoms with Crippen molar-refractivity contribution in [3.05, 3.63) is 96.6 Å². The van der Waals surface area contributed by atoms with Crippen LogP contribution < -0.4 is 10.4 Å². The highest BCUT2D eigenvalue weighted by molar-refractivity contribution is 6.99. The van der Waals surface area contributed by atoms with Gasteiger partial charge in [0.1, 0.15) is 0 Å². The summed E-state index contributed by atoms with van der Waals surface area (Å²) in [7, 11) is -2.60. The van der Waals surface area contributed by atoms with Crippen LogP contribution in [0.25, 0.3) is 0 Å². The first kappa shape index (κ1) is 22.5. The number of nitrogens with zero attached hydrogens (tertiary/aromatic N) is 1. The molecule has 1 aliphatic rings. The summed E-state index contributed by atoms with van der Waals surface area (Å²) in [4.78, 5) is 14.8. The zero-order valence-corrected chi connectivity index (χ0v) is 20.3. The Labute approximate surface area is 193 Å². The van der Waals surface area contributed by atoms with Crippen LogP contribution in [-0.4, -0.2) is 31.8 Å². The van der Waals surface area contributed by atoms with Crippen LogP contribution in [0.15, 0.2) is 91.0 Å². The van der Waals surface area contributed by atoms with E-state index in [0.29, 0.717) is 19.6 Å².